The van der Waals surface area contributed by atoms with Gasteiger partial charge in [-0.2, -0.15) is 0 Å². The molecule has 2 nitrogen and oxygen atoms in total. The molecule has 266 valence electrons. The Hall–Kier alpha value is -7.42. The Balaban J connectivity index is 1.17. The summed E-state index contributed by atoms with van der Waals surface area (Å²) < 4.78 is 7.08. The molecular weight excluding hydrogens is 691 g/mol. The van der Waals surface area contributed by atoms with Crippen LogP contribution in [0.25, 0.3) is 55.6 Å². The predicted molar refractivity (Wildman–Crippen MR) is 234 cm³/mol. The van der Waals surface area contributed by atoms with Crippen molar-refractivity contribution in [2.24, 2.45) is 0 Å². The van der Waals surface area contributed by atoms with E-state index in [0.29, 0.717) is 0 Å². The number of fused-ring (bicyclic) bond motifs is 17. The smallest absolute Gasteiger partial charge is 0.159 e. The highest BCUT2D eigenvalue weighted by molar-refractivity contribution is 6.00. The van der Waals surface area contributed by atoms with E-state index in [1.807, 2.05) is 0 Å². The molecular formula is C55H35NO. The largest absolute Gasteiger partial charge is 0.454 e. The van der Waals surface area contributed by atoms with E-state index >= 15 is 0 Å². The van der Waals surface area contributed by atoms with Gasteiger partial charge >= 0.3 is 0 Å². The van der Waals surface area contributed by atoms with Crippen molar-refractivity contribution in [3.05, 3.63) is 235 Å². The summed E-state index contributed by atoms with van der Waals surface area (Å²) in [6, 6.07) is 77.5. The van der Waals surface area contributed by atoms with Gasteiger partial charge in [-0.15, -0.1) is 0 Å². The van der Waals surface area contributed by atoms with Crippen molar-refractivity contribution in [2.75, 3.05) is 4.90 Å². The molecule has 0 N–H and O–H groups in total. The van der Waals surface area contributed by atoms with E-state index < -0.39 is 5.41 Å². The Morgan fingerprint density at radius 3 is 1.37 bits per heavy atom. The van der Waals surface area contributed by atoms with E-state index in [0.717, 1.165) is 45.3 Å². The van der Waals surface area contributed by atoms with Crippen molar-refractivity contribution in [3.63, 3.8) is 0 Å². The standard InChI is InChI=1S/C55H35NO/c1-2-17-36(18-3-1)56(52-31-16-27-46-40-21-6-5-20-39(40)45-26-11-15-32-53(45)57-54(46)52)37-33-34-51-47(35-37)41-22-7-4-19-38(41)42-23-8-12-28-48(42)55(51)49-29-13-9-24-43(49)44-25-10-14-30-50(44)55/h1-35H. The summed E-state index contributed by atoms with van der Waals surface area (Å²) in [5, 5.41) is 0. The fraction of sp³-hybridized carbons (Fsp3) is 0.0182. The molecule has 57 heavy (non-hydrogen) atoms. The number of hydrogen-bond donors (Lipinski definition) is 0. The fourth-order valence-corrected chi connectivity index (χ4v) is 10.0. The molecule has 12 rings (SSSR count). The molecule has 0 saturated carbocycles. The first-order chi connectivity index (χ1) is 28.3. The second kappa shape index (κ2) is 12.3. The molecule has 0 bridgehead atoms. The van der Waals surface area contributed by atoms with Gasteiger partial charge in [0.1, 0.15) is 5.75 Å². The van der Waals surface area contributed by atoms with Crippen LogP contribution in [0.4, 0.5) is 17.1 Å². The number of ether oxygens (including phenoxy) is 1. The molecule has 2 aliphatic carbocycles. The Morgan fingerprint density at radius 1 is 0.298 bits per heavy atom. The summed E-state index contributed by atoms with van der Waals surface area (Å²) >= 11 is 0. The van der Waals surface area contributed by atoms with Crippen molar-refractivity contribution in [2.45, 2.75) is 5.41 Å². The first-order valence-electron chi connectivity index (χ1n) is 19.7. The number of benzene rings is 9. The third kappa shape index (κ3) is 4.47. The van der Waals surface area contributed by atoms with Crippen LogP contribution < -0.4 is 9.64 Å². The van der Waals surface area contributed by atoms with Gasteiger partial charge in [0.05, 0.1) is 11.1 Å². The van der Waals surface area contributed by atoms with Crippen LogP contribution in [0.3, 0.4) is 0 Å². The topological polar surface area (TPSA) is 12.5 Å². The maximum absolute atomic E-state index is 7.08. The molecule has 9 aromatic rings. The maximum Gasteiger partial charge on any atom is 0.159 e. The number of rotatable bonds is 3. The molecule has 0 aromatic heterocycles. The SMILES string of the molecule is c1ccc(N(c2ccc3c(c2)-c2ccccc2-c2ccccc2C32c3ccccc3-c3ccccc32)c2cccc3c2Oc2ccccc2-c2ccccc2-3)cc1. The van der Waals surface area contributed by atoms with E-state index in [1.165, 1.54) is 61.2 Å². The molecule has 0 saturated heterocycles. The lowest BCUT2D eigenvalue weighted by atomic mass is 9.66. The molecule has 0 atom stereocenters. The van der Waals surface area contributed by atoms with Crippen molar-refractivity contribution >= 4 is 17.1 Å². The third-order valence-electron chi connectivity index (χ3n) is 12.3. The molecule has 1 spiro atoms. The summed E-state index contributed by atoms with van der Waals surface area (Å²) in [6.07, 6.45) is 0. The third-order valence-corrected chi connectivity index (χ3v) is 12.3. The second-order valence-electron chi connectivity index (χ2n) is 15.1. The van der Waals surface area contributed by atoms with Gasteiger partial charge in [-0.05, 0) is 103 Å². The number of para-hydroxylation sites is 3. The lowest BCUT2D eigenvalue weighted by Gasteiger charge is -2.36. The predicted octanol–water partition coefficient (Wildman–Crippen LogP) is 14.6. The molecule has 0 unspecified atom stereocenters. The van der Waals surface area contributed by atoms with Gasteiger partial charge in [0, 0.05) is 22.5 Å². The van der Waals surface area contributed by atoms with Crippen LogP contribution in [0.1, 0.15) is 22.3 Å². The molecule has 0 radical (unpaired) electrons. The van der Waals surface area contributed by atoms with E-state index in [1.54, 1.807) is 0 Å². The van der Waals surface area contributed by atoms with Crippen molar-refractivity contribution in [1.29, 1.82) is 0 Å². The van der Waals surface area contributed by atoms with Gasteiger partial charge in [-0.25, -0.2) is 0 Å². The summed E-state index contributed by atoms with van der Waals surface area (Å²) in [4.78, 5) is 2.37. The average Bonchev–Trinajstić information content (AvgIpc) is 3.42. The zero-order valence-corrected chi connectivity index (χ0v) is 31.1. The summed E-state index contributed by atoms with van der Waals surface area (Å²) in [5.74, 6) is 1.68. The van der Waals surface area contributed by atoms with Gasteiger partial charge < -0.3 is 9.64 Å². The lowest BCUT2D eigenvalue weighted by Crippen LogP contribution is -2.29. The molecule has 0 fully saturated rings. The molecule has 3 aliphatic rings. The Kier molecular flexibility index (Phi) is 6.88. The van der Waals surface area contributed by atoms with Gasteiger partial charge in [0.2, 0.25) is 0 Å². The molecule has 1 aliphatic heterocycles. The van der Waals surface area contributed by atoms with Gasteiger partial charge in [0.15, 0.2) is 5.75 Å². The van der Waals surface area contributed by atoms with E-state index in [-0.39, 0.29) is 0 Å². The van der Waals surface area contributed by atoms with Crippen LogP contribution >= 0.6 is 0 Å². The van der Waals surface area contributed by atoms with Crippen LogP contribution in [-0.4, -0.2) is 0 Å². The minimum Gasteiger partial charge on any atom is -0.454 e. The van der Waals surface area contributed by atoms with Crippen LogP contribution in [0, 0.1) is 0 Å². The Bertz CT molecular complexity index is 3020. The maximum atomic E-state index is 7.08. The van der Waals surface area contributed by atoms with E-state index in [9.17, 15) is 0 Å². The van der Waals surface area contributed by atoms with Gasteiger partial charge in [0.25, 0.3) is 0 Å². The van der Waals surface area contributed by atoms with Crippen molar-refractivity contribution in [1.82, 2.24) is 0 Å². The van der Waals surface area contributed by atoms with Crippen LogP contribution in [0.2, 0.25) is 0 Å². The minimum atomic E-state index is -0.533. The first kappa shape index (κ1) is 31.9. The van der Waals surface area contributed by atoms with Crippen LogP contribution in [0.5, 0.6) is 11.5 Å². The quantitative estimate of drug-likeness (QED) is 0.180. The highest BCUT2D eigenvalue weighted by atomic mass is 16.5. The molecule has 2 heteroatoms. The monoisotopic (exact) mass is 725 g/mol. The van der Waals surface area contributed by atoms with E-state index in [2.05, 4.69) is 217 Å². The highest BCUT2D eigenvalue weighted by Gasteiger charge is 2.49. The minimum absolute atomic E-state index is 0.533. The fourth-order valence-electron chi connectivity index (χ4n) is 10.0. The van der Waals surface area contributed by atoms with Crippen LogP contribution in [0.15, 0.2) is 212 Å². The molecule has 9 aromatic carbocycles. The summed E-state index contributed by atoms with van der Waals surface area (Å²) in [6.45, 7) is 0. The lowest BCUT2D eigenvalue weighted by molar-refractivity contribution is 0.489. The Labute approximate surface area is 332 Å². The summed E-state index contributed by atoms with van der Waals surface area (Å²) in [5.41, 5.74) is 19.8. The number of nitrogens with zero attached hydrogens (tertiary/aromatic N) is 1. The normalized spacial score (nSPS) is 13.2. The number of anilines is 3. The number of hydrogen-bond acceptors (Lipinski definition) is 2. The zero-order valence-electron chi connectivity index (χ0n) is 31.1. The van der Waals surface area contributed by atoms with Crippen molar-refractivity contribution in [3.8, 4) is 67.1 Å². The van der Waals surface area contributed by atoms with Gasteiger partial charge in [-0.1, -0.05) is 176 Å². The second-order valence-corrected chi connectivity index (χ2v) is 15.1. The zero-order chi connectivity index (χ0) is 37.5. The highest BCUT2D eigenvalue weighted by Crippen LogP contribution is 2.62. The average molecular weight is 726 g/mol. The Morgan fingerprint density at radius 2 is 0.737 bits per heavy atom. The van der Waals surface area contributed by atoms with Gasteiger partial charge in [-0.3, -0.25) is 0 Å². The van der Waals surface area contributed by atoms with E-state index in [4.69, 9.17) is 4.74 Å². The molecule has 0 amide bonds. The summed E-state index contributed by atoms with van der Waals surface area (Å²) in [7, 11) is 0. The molecule has 1 heterocycles. The van der Waals surface area contributed by atoms with Crippen LogP contribution in [-0.2, 0) is 5.41 Å². The first-order valence-corrected chi connectivity index (χ1v) is 19.7. The van der Waals surface area contributed by atoms with Crippen molar-refractivity contribution < 1.29 is 4.74 Å².